The second-order valence-electron chi connectivity index (χ2n) is 6.59. The van der Waals surface area contributed by atoms with Crippen LogP contribution in [-0.4, -0.2) is 9.97 Å². The molecule has 2 nitrogen and oxygen atoms in total. The van der Waals surface area contributed by atoms with Gasteiger partial charge >= 0.3 is 0 Å². The lowest BCUT2D eigenvalue weighted by Crippen LogP contribution is -2.13. The van der Waals surface area contributed by atoms with Gasteiger partial charge in [-0.05, 0) is 51.9 Å². The van der Waals surface area contributed by atoms with Gasteiger partial charge in [-0.25, -0.2) is 0 Å². The molecule has 0 amide bonds. The van der Waals surface area contributed by atoms with E-state index in [4.69, 9.17) is 0 Å². The van der Waals surface area contributed by atoms with Crippen molar-refractivity contribution in [1.29, 1.82) is 0 Å². The average molecular weight is 310 g/mol. The molecule has 1 heterocycles. The molecule has 3 aromatic carbocycles. The molecule has 0 fully saturated rings. The molecular weight excluding hydrogens is 292 g/mol. The second kappa shape index (κ2) is 5.41. The lowest BCUT2D eigenvalue weighted by Gasteiger charge is -2.26. The van der Waals surface area contributed by atoms with Crippen LogP contribution in [0.1, 0.15) is 35.6 Å². The minimum absolute atomic E-state index is 0.373. The molecule has 2 heteroatoms. The van der Waals surface area contributed by atoms with Crippen LogP contribution in [0.2, 0.25) is 0 Å². The maximum atomic E-state index is 4.57. The number of benzene rings is 3. The van der Waals surface area contributed by atoms with Gasteiger partial charge in [-0.1, -0.05) is 48.5 Å². The molecular formula is C22H18N2. The van der Waals surface area contributed by atoms with Gasteiger partial charge < -0.3 is 0 Å². The Kier molecular flexibility index (Phi) is 3.08. The lowest BCUT2D eigenvalue weighted by atomic mass is 9.78. The van der Waals surface area contributed by atoms with Crippen molar-refractivity contribution in [2.75, 3.05) is 0 Å². The maximum absolute atomic E-state index is 4.57. The van der Waals surface area contributed by atoms with Crippen molar-refractivity contribution in [3.8, 4) is 0 Å². The van der Waals surface area contributed by atoms with Crippen LogP contribution < -0.4 is 0 Å². The number of fused-ring (bicyclic) bond motifs is 5. The Hall–Kier alpha value is -2.74. The van der Waals surface area contributed by atoms with Gasteiger partial charge in [0.15, 0.2) is 0 Å². The normalized spacial score (nSPS) is 17.1. The minimum Gasteiger partial charge on any atom is -0.261 e. The third-order valence-corrected chi connectivity index (χ3v) is 5.31. The molecule has 0 saturated heterocycles. The first-order valence-electron chi connectivity index (χ1n) is 8.61. The second-order valence-corrected chi connectivity index (χ2v) is 6.59. The van der Waals surface area contributed by atoms with E-state index in [1.54, 1.807) is 12.4 Å². The summed E-state index contributed by atoms with van der Waals surface area (Å²) in [6, 6.07) is 17.8. The monoisotopic (exact) mass is 310 g/mol. The third-order valence-electron chi connectivity index (χ3n) is 5.31. The first kappa shape index (κ1) is 13.7. The van der Waals surface area contributed by atoms with Gasteiger partial charge in [0, 0.05) is 24.5 Å². The molecule has 24 heavy (non-hydrogen) atoms. The molecule has 1 aromatic heterocycles. The number of aromatic nitrogens is 2. The predicted molar refractivity (Wildman–Crippen MR) is 98.3 cm³/mol. The van der Waals surface area contributed by atoms with E-state index in [1.807, 2.05) is 6.20 Å². The maximum Gasteiger partial charge on any atom is 0.0661 e. The Bertz CT molecular complexity index is 1040. The van der Waals surface area contributed by atoms with Crippen LogP contribution in [0.3, 0.4) is 0 Å². The molecule has 0 N–H and O–H groups in total. The van der Waals surface area contributed by atoms with Gasteiger partial charge in [0.25, 0.3) is 0 Å². The van der Waals surface area contributed by atoms with Crippen molar-refractivity contribution in [3.05, 3.63) is 83.9 Å². The van der Waals surface area contributed by atoms with Crippen LogP contribution in [0.25, 0.3) is 21.5 Å². The van der Waals surface area contributed by atoms with Crippen LogP contribution >= 0.6 is 0 Å². The smallest absolute Gasteiger partial charge is 0.0661 e. The summed E-state index contributed by atoms with van der Waals surface area (Å²) in [7, 11) is 0. The Morgan fingerprint density at radius 1 is 0.833 bits per heavy atom. The van der Waals surface area contributed by atoms with Crippen molar-refractivity contribution in [1.82, 2.24) is 9.97 Å². The van der Waals surface area contributed by atoms with Crippen LogP contribution in [-0.2, 0) is 6.42 Å². The number of rotatable bonds is 1. The molecule has 1 aliphatic rings. The number of hydrogen-bond donors (Lipinski definition) is 0. The predicted octanol–water partition coefficient (Wildman–Crippen LogP) is 5.25. The fraction of sp³-hybridized carbons (Fsp3) is 0.182. The topological polar surface area (TPSA) is 25.8 Å². The molecule has 5 rings (SSSR count). The van der Waals surface area contributed by atoms with E-state index in [9.17, 15) is 0 Å². The van der Waals surface area contributed by atoms with E-state index in [0.29, 0.717) is 5.92 Å². The zero-order chi connectivity index (χ0) is 15.9. The molecule has 116 valence electrons. The highest BCUT2D eigenvalue weighted by atomic mass is 14.8. The van der Waals surface area contributed by atoms with Crippen LogP contribution in [0.15, 0.2) is 67.1 Å². The molecule has 1 atom stereocenters. The summed E-state index contributed by atoms with van der Waals surface area (Å²) in [6.07, 6.45) is 9.00. The van der Waals surface area contributed by atoms with E-state index < -0.39 is 0 Å². The van der Waals surface area contributed by atoms with Gasteiger partial charge in [-0.2, -0.15) is 0 Å². The molecule has 4 aromatic rings. The van der Waals surface area contributed by atoms with Crippen molar-refractivity contribution >= 4 is 21.5 Å². The van der Waals surface area contributed by atoms with Crippen molar-refractivity contribution in [2.45, 2.75) is 25.2 Å². The summed E-state index contributed by atoms with van der Waals surface area (Å²) in [4.78, 5) is 8.84. The molecule has 1 aliphatic carbocycles. The number of aryl methyl sites for hydroxylation is 1. The van der Waals surface area contributed by atoms with E-state index in [2.05, 4.69) is 58.5 Å². The van der Waals surface area contributed by atoms with Gasteiger partial charge in [-0.3, -0.25) is 9.97 Å². The summed E-state index contributed by atoms with van der Waals surface area (Å²) < 4.78 is 0. The summed E-state index contributed by atoms with van der Waals surface area (Å²) in [6.45, 7) is 0. The van der Waals surface area contributed by atoms with E-state index in [-0.39, 0.29) is 0 Å². The lowest BCUT2D eigenvalue weighted by molar-refractivity contribution is 0.605. The van der Waals surface area contributed by atoms with Gasteiger partial charge in [0.2, 0.25) is 0 Å². The SMILES string of the molecule is c1ccc2c(c1)ccc1c3c(ccc12)C(c1cnccn1)CCC3. The van der Waals surface area contributed by atoms with E-state index in [0.717, 1.165) is 18.5 Å². The Morgan fingerprint density at radius 3 is 2.67 bits per heavy atom. The van der Waals surface area contributed by atoms with Crippen molar-refractivity contribution < 1.29 is 0 Å². The molecule has 0 spiro atoms. The van der Waals surface area contributed by atoms with Gasteiger partial charge in [-0.15, -0.1) is 0 Å². The fourth-order valence-corrected chi connectivity index (χ4v) is 4.21. The highest BCUT2D eigenvalue weighted by molar-refractivity contribution is 6.08. The fourth-order valence-electron chi connectivity index (χ4n) is 4.21. The standard InChI is InChI=1S/C22H18N2/c1-2-5-16-15(4-1)8-9-19-17-6-3-7-21(20(17)11-10-18(16)19)22-14-23-12-13-24-22/h1-2,4-5,8-14,21H,3,6-7H2. The van der Waals surface area contributed by atoms with E-state index >= 15 is 0 Å². The Balaban J connectivity index is 1.77. The van der Waals surface area contributed by atoms with Crippen LogP contribution in [0.5, 0.6) is 0 Å². The molecule has 1 unspecified atom stereocenters. The third kappa shape index (κ3) is 2.03. The van der Waals surface area contributed by atoms with Crippen LogP contribution in [0, 0.1) is 0 Å². The molecule has 0 bridgehead atoms. The van der Waals surface area contributed by atoms with Crippen LogP contribution in [0.4, 0.5) is 0 Å². The largest absolute Gasteiger partial charge is 0.261 e. The zero-order valence-corrected chi connectivity index (χ0v) is 13.4. The Labute approximate surface area is 141 Å². The quantitative estimate of drug-likeness (QED) is 0.449. The first-order valence-corrected chi connectivity index (χ1v) is 8.61. The average Bonchev–Trinajstić information content (AvgIpc) is 2.67. The number of nitrogens with zero attached hydrogens (tertiary/aromatic N) is 2. The number of hydrogen-bond acceptors (Lipinski definition) is 2. The van der Waals surface area contributed by atoms with Gasteiger partial charge in [0.05, 0.1) is 5.69 Å². The molecule has 0 aliphatic heterocycles. The van der Waals surface area contributed by atoms with E-state index in [1.165, 1.54) is 39.1 Å². The van der Waals surface area contributed by atoms with Crippen molar-refractivity contribution in [3.63, 3.8) is 0 Å². The highest BCUT2D eigenvalue weighted by Gasteiger charge is 2.24. The summed E-state index contributed by atoms with van der Waals surface area (Å²) >= 11 is 0. The Morgan fingerprint density at radius 2 is 1.75 bits per heavy atom. The molecule has 0 radical (unpaired) electrons. The summed E-state index contributed by atoms with van der Waals surface area (Å²) in [5.74, 6) is 0.373. The molecule has 0 saturated carbocycles. The first-order chi connectivity index (χ1) is 11.9. The van der Waals surface area contributed by atoms with Gasteiger partial charge in [0.1, 0.15) is 0 Å². The summed E-state index contributed by atoms with van der Waals surface area (Å²) in [5, 5.41) is 5.43. The highest BCUT2D eigenvalue weighted by Crippen LogP contribution is 2.40. The summed E-state index contributed by atoms with van der Waals surface area (Å²) in [5.41, 5.74) is 4.03. The zero-order valence-electron chi connectivity index (χ0n) is 13.4. The van der Waals surface area contributed by atoms with Crippen molar-refractivity contribution in [2.24, 2.45) is 0 Å². The minimum atomic E-state index is 0.373.